The van der Waals surface area contributed by atoms with E-state index in [9.17, 15) is 13.2 Å². The number of ether oxygens (including phenoxy) is 1. The summed E-state index contributed by atoms with van der Waals surface area (Å²) in [6.07, 6.45) is 3.40. The van der Waals surface area contributed by atoms with Gasteiger partial charge in [-0.05, 0) is 42.5 Å². The first-order valence-electron chi connectivity index (χ1n) is 13.8. The van der Waals surface area contributed by atoms with Gasteiger partial charge in [0.25, 0.3) is 0 Å². The Morgan fingerprint density at radius 2 is 1.60 bits per heavy atom. The first-order chi connectivity index (χ1) is 20.3. The van der Waals surface area contributed by atoms with Crippen LogP contribution in [0.3, 0.4) is 0 Å². The number of anilines is 2. The van der Waals surface area contributed by atoms with Gasteiger partial charge < -0.3 is 9.64 Å². The summed E-state index contributed by atoms with van der Waals surface area (Å²) in [6.45, 7) is 1.80. The number of benzene rings is 3. The number of carbonyl (C=O) groups excluding carboxylic acids is 1. The van der Waals surface area contributed by atoms with Crippen LogP contribution in [-0.2, 0) is 14.8 Å². The Morgan fingerprint density at radius 1 is 1.00 bits per heavy atom. The molecule has 220 valence electrons. The van der Waals surface area contributed by atoms with Crippen LogP contribution in [0.15, 0.2) is 84.9 Å². The van der Waals surface area contributed by atoms with Crippen LogP contribution in [0.2, 0.25) is 4.34 Å². The molecule has 8 nitrogen and oxygen atoms in total. The summed E-state index contributed by atoms with van der Waals surface area (Å²) in [7, 11) is -3.38. The summed E-state index contributed by atoms with van der Waals surface area (Å²) in [4.78, 5) is 20.3. The zero-order valence-corrected chi connectivity index (χ0v) is 25.6. The van der Waals surface area contributed by atoms with E-state index >= 15 is 0 Å². The predicted molar refractivity (Wildman–Crippen MR) is 170 cm³/mol. The molecule has 0 unspecified atom stereocenters. The number of aromatic nitrogens is 1. The molecule has 0 atom stereocenters. The van der Waals surface area contributed by atoms with Crippen LogP contribution >= 0.6 is 22.9 Å². The van der Waals surface area contributed by atoms with E-state index < -0.39 is 10.0 Å². The van der Waals surface area contributed by atoms with Crippen molar-refractivity contribution in [3.05, 3.63) is 100 Å². The fourth-order valence-corrected chi connectivity index (χ4v) is 6.86. The van der Waals surface area contributed by atoms with E-state index in [2.05, 4.69) is 39.3 Å². The van der Waals surface area contributed by atoms with Crippen molar-refractivity contribution in [3.8, 4) is 11.3 Å². The van der Waals surface area contributed by atoms with E-state index in [0.29, 0.717) is 46.2 Å². The van der Waals surface area contributed by atoms with E-state index in [1.165, 1.54) is 22.5 Å². The van der Waals surface area contributed by atoms with Gasteiger partial charge in [-0.2, -0.15) is 0 Å². The van der Waals surface area contributed by atoms with Crippen molar-refractivity contribution in [2.45, 2.75) is 31.2 Å². The highest BCUT2D eigenvalue weighted by Gasteiger charge is 2.28. The molecule has 0 aliphatic carbocycles. The molecule has 2 N–H and O–H groups in total. The molecule has 1 saturated heterocycles. The lowest BCUT2D eigenvalue weighted by atomic mass is 9.88. The molecule has 4 aromatic rings. The van der Waals surface area contributed by atoms with Crippen LogP contribution in [0.5, 0.6) is 0 Å². The lowest BCUT2D eigenvalue weighted by molar-refractivity contribution is 0.0475. The van der Waals surface area contributed by atoms with E-state index in [0.717, 1.165) is 25.5 Å². The summed E-state index contributed by atoms with van der Waals surface area (Å²) in [5.74, 6) is 0.142. The first kappa shape index (κ1) is 30.0. The summed E-state index contributed by atoms with van der Waals surface area (Å²) in [5, 5.41) is 3.39. The van der Waals surface area contributed by atoms with Crippen molar-refractivity contribution in [2.75, 3.05) is 36.1 Å². The van der Waals surface area contributed by atoms with Gasteiger partial charge in [0.05, 0.1) is 6.26 Å². The Kier molecular flexibility index (Phi) is 9.79. The van der Waals surface area contributed by atoms with Gasteiger partial charge >= 0.3 is 6.03 Å². The van der Waals surface area contributed by atoms with Gasteiger partial charge in [-0.3, -0.25) is 10.0 Å². The van der Waals surface area contributed by atoms with E-state index in [1.54, 1.807) is 24.3 Å². The van der Waals surface area contributed by atoms with Gasteiger partial charge in [-0.1, -0.05) is 95.7 Å². The van der Waals surface area contributed by atoms with Crippen molar-refractivity contribution in [1.29, 1.82) is 0 Å². The average molecular weight is 625 g/mol. The Bertz CT molecular complexity index is 1540. The lowest BCUT2D eigenvalue weighted by Gasteiger charge is -2.35. The third kappa shape index (κ3) is 7.89. The van der Waals surface area contributed by atoms with E-state index in [4.69, 9.17) is 16.3 Å². The summed E-state index contributed by atoms with van der Waals surface area (Å²) >= 11 is 7.73. The minimum absolute atomic E-state index is 0.0516. The maximum absolute atomic E-state index is 13.8. The van der Waals surface area contributed by atoms with Crippen molar-refractivity contribution in [3.63, 3.8) is 0 Å². The second-order valence-electron chi connectivity index (χ2n) is 10.2. The minimum Gasteiger partial charge on any atom is -0.381 e. The van der Waals surface area contributed by atoms with Gasteiger partial charge in [-0.15, -0.1) is 0 Å². The van der Waals surface area contributed by atoms with Crippen LogP contribution in [0.4, 0.5) is 15.6 Å². The molecule has 11 heteroatoms. The van der Waals surface area contributed by atoms with Gasteiger partial charge in [0.1, 0.15) is 10.0 Å². The van der Waals surface area contributed by atoms with Crippen LogP contribution in [0.25, 0.3) is 11.3 Å². The zero-order valence-electron chi connectivity index (χ0n) is 23.2. The van der Waals surface area contributed by atoms with Crippen molar-refractivity contribution >= 4 is 49.8 Å². The molecular formula is C31H33ClN4O4S2. The van der Waals surface area contributed by atoms with Gasteiger partial charge in [0.15, 0.2) is 5.13 Å². The zero-order chi connectivity index (χ0) is 29.5. The average Bonchev–Trinajstić information content (AvgIpc) is 3.35. The largest absolute Gasteiger partial charge is 0.381 e. The van der Waals surface area contributed by atoms with Crippen LogP contribution in [0.1, 0.15) is 36.3 Å². The molecule has 42 heavy (non-hydrogen) atoms. The first-order valence-corrected chi connectivity index (χ1v) is 16.9. The molecule has 1 aliphatic rings. The number of rotatable bonds is 10. The number of urea groups is 1. The number of halogens is 1. The molecular weight excluding hydrogens is 592 g/mol. The van der Waals surface area contributed by atoms with Crippen LogP contribution in [-0.4, -0.2) is 56.4 Å². The SMILES string of the molecule is CS(=O)(=O)Nc1ccc(-c2nc(NC(=O)N(CCC(c3ccccc3)c3ccccc3)C3CCOCC3)sc2Cl)cc1. The molecule has 1 fully saturated rings. The fraction of sp³-hybridized carbons (Fsp3) is 0.290. The molecule has 1 aromatic heterocycles. The Balaban J connectivity index is 1.33. The number of thiazole rings is 1. The number of nitrogens with one attached hydrogen (secondary N) is 2. The number of sulfonamides is 1. The summed E-state index contributed by atoms with van der Waals surface area (Å²) in [6, 6.07) is 27.4. The monoisotopic (exact) mass is 624 g/mol. The van der Waals surface area contributed by atoms with Crippen molar-refractivity contribution in [1.82, 2.24) is 9.88 Å². The molecule has 2 heterocycles. The number of carbonyl (C=O) groups is 1. The van der Waals surface area contributed by atoms with Crippen molar-refractivity contribution in [2.24, 2.45) is 0 Å². The fourth-order valence-electron chi connectivity index (χ4n) is 5.22. The molecule has 0 saturated carbocycles. The Labute approximate surface area is 255 Å². The quantitative estimate of drug-likeness (QED) is 0.197. The second-order valence-corrected chi connectivity index (χ2v) is 13.6. The highest BCUT2D eigenvalue weighted by molar-refractivity contribution is 7.92. The van der Waals surface area contributed by atoms with E-state index in [-0.39, 0.29) is 18.0 Å². The number of amides is 2. The standard InChI is InChI=1S/C31H33ClN4O4S2/c1-42(38,39)35-25-14-12-24(13-15-25)28-29(32)41-30(33-28)34-31(37)36(26-17-20-40-21-18-26)19-16-27(22-8-4-2-5-9-22)23-10-6-3-7-11-23/h2-15,26-27,35H,16-21H2,1H3,(H,33,34,37). The minimum atomic E-state index is -3.38. The van der Waals surface area contributed by atoms with E-state index in [1.807, 2.05) is 41.3 Å². The van der Waals surface area contributed by atoms with Gasteiger partial charge in [-0.25, -0.2) is 18.2 Å². The smallest absolute Gasteiger partial charge is 0.323 e. The number of nitrogens with zero attached hydrogens (tertiary/aromatic N) is 2. The van der Waals surface area contributed by atoms with Crippen LogP contribution in [0, 0.1) is 0 Å². The molecule has 1 aliphatic heterocycles. The number of hydrogen-bond donors (Lipinski definition) is 2. The highest BCUT2D eigenvalue weighted by atomic mass is 35.5. The van der Waals surface area contributed by atoms with Gasteiger partial charge in [0.2, 0.25) is 10.0 Å². The predicted octanol–water partition coefficient (Wildman–Crippen LogP) is 7.07. The molecule has 2 amide bonds. The third-order valence-corrected chi connectivity index (χ3v) is 8.99. The summed E-state index contributed by atoms with van der Waals surface area (Å²) < 4.78 is 31.5. The second kappa shape index (κ2) is 13.7. The third-order valence-electron chi connectivity index (χ3n) is 7.22. The van der Waals surface area contributed by atoms with Crippen LogP contribution < -0.4 is 10.0 Å². The molecule has 0 spiro atoms. The molecule has 0 bridgehead atoms. The Morgan fingerprint density at radius 3 is 2.17 bits per heavy atom. The summed E-state index contributed by atoms with van der Waals surface area (Å²) in [5.41, 5.74) is 4.10. The van der Waals surface area contributed by atoms with Crippen molar-refractivity contribution < 1.29 is 17.9 Å². The Hall–Kier alpha value is -3.44. The molecule has 5 rings (SSSR count). The maximum atomic E-state index is 13.8. The molecule has 0 radical (unpaired) electrons. The normalized spacial score (nSPS) is 14.1. The van der Waals surface area contributed by atoms with Gasteiger partial charge in [0, 0.05) is 43.0 Å². The lowest BCUT2D eigenvalue weighted by Crippen LogP contribution is -2.46. The molecule has 3 aromatic carbocycles. The highest BCUT2D eigenvalue weighted by Crippen LogP contribution is 2.36. The topological polar surface area (TPSA) is 101 Å². The number of hydrogen-bond acceptors (Lipinski definition) is 6. The maximum Gasteiger partial charge on any atom is 0.323 e.